The molecule has 1 aromatic carbocycles. The maximum absolute atomic E-state index is 11.5. The average Bonchev–Trinajstić information content (AvgIpc) is 2.59. The molecule has 1 saturated heterocycles. The number of hydrogen-bond acceptors (Lipinski definition) is 11. The molecule has 2 aromatic rings. The summed E-state index contributed by atoms with van der Waals surface area (Å²) in [6, 6.07) is 5.38. The first kappa shape index (κ1) is 24.7. The van der Waals surface area contributed by atoms with Crippen LogP contribution in [0.25, 0.3) is 11.0 Å². The van der Waals surface area contributed by atoms with E-state index >= 15 is 0 Å². The van der Waals surface area contributed by atoms with Gasteiger partial charge in [-0.25, -0.2) is 18.0 Å². The zero-order chi connectivity index (χ0) is 21.5. The molecule has 0 radical (unpaired) electrons. The summed E-state index contributed by atoms with van der Waals surface area (Å²) < 4.78 is 52.5. The summed E-state index contributed by atoms with van der Waals surface area (Å²) in [6.07, 6.45) is -10.2. The summed E-state index contributed by atoms with van der Waals surface area (Å²) in [4.78, 5) is 22.8. The second-order valence-corrected chi connectivity index (χ2v) is 7.25. The maximum atomic E-state index is 11.5. The molecule has 0 amide bonds. The summed E-state index contributed by atoms with van der Waals surface area (Å²) in [6.45, 7) is 1.67. The Labute approximate surface area is 191 Å². The molecule has 12 nitrogen and oxygen atoms in total. The molecule has 30 heavy (non-hydrogen) atoms. The van der Waals surface area contributed by atoms with Gasteiger partial charge in [0.2, 0.25) is 16.7 Å². The number of aryl methyl sites for hydroxylation is 1. The zero-order valence-corrected chi connectivity index (χ0v) is 18.4. The van der Waals surface area contributed by atoms with Gasteiger partial charge in [0.15, 0.2) is 12.2 Å². The van der Waals surface area contributed by atoms with Crippen molar-refractivity contribution in [2.45, 2.75) is 37.6 Å². The van der Waals surface area contributed by atoms with Crippen LogP contribution in [0.15, 0.2) is 33.5 Å². The van der Waals surface area contributed by atoms with Gasteiger partial charge in [-0.05, 0) is 24.6 Å². The third kappa shape index (κ3) is 5.38. The number of ether oxygens (including phenoxy) is 2. The third-order valence-electron chi connectivity index (χ3n) is 4.19. The molecule has 158 valence electrons. The number of aliphatic hydroxyl groups excluding tert-OH is 2. The van der Waals surface area contributed by atoms with Crippen molar-refractivity contribution in [2.75, 3.05) is 0 Å². The van der Waals surface area contributed by atoms with Gasteiger partial charge >= 0.3 is 41.2 Å². The molecule has 0 aliphatic carbocycles. The molecule has 3 rings (SSSR count). The largest absolute Gasteiger partial charge is 1.00 e. The number of aliphatic carboxylic acids is 1. The molecular formula is C16H15NaO12S. The summed E-state index contributed by atoms with van der Waals surface area (Å²) >= 11 is 0. The van der Waals surface area contributed by atoms with Gasteiger partial charge in [-0.3, -0.25) is 4.18 Å². The Morgan fingerprint density at radius 1 is 1.20 bits per heavy atom. The maximum Gasteiger partial charge on any atom is 1.00 e. The van der Waals surface area contributed by atoms with Crippen LogP contribution >= 0.6 is 0 Å². The summed E-state index contributed by atoms with van der Waals surface area (Å²) in [5, 5.41) is 29.5. The third-order valence-corrected chi connectivity index (χ3v) is 4.65. The minimum absolute atomic E-state index is 0. The Balaban J connectivity index is 0.00000320. The molecule has 1 fully saturated rings. The quantitative estimate of drug-likeness (QED) is 0.171. The van der Waals surface area contributed by atoms with Crippen LogP contribution in [0.5, 0.6) is 5.75 Å². The van der Waals surface area contributed by atoms with Gasteiger partial charge < -0.3 is 33.8 Å². The van der Waals surface area contributed by atoms with Crippen molar-refractivity contribution in [1.82, 2.24) is 0 Å². The van der Waals surface area contributed by atoms with Gasteiger partial charge in [0.1, 0.15) is 23.5 Å². The van der Waals surface area contributed by atoms with Crippen LogP contribution < -0.4 is 39.9 Å². The number of aliphatic hydroxyl groups is 2. The Morgan fingerprint density at radius 2 is 1.87 bits per heavy atom. The number of benzene rings is 1. The Morgan fingerprint density at radius 3 is 2.47 bits per heavy atom. The number of carboxylic acid groups (broad SMARTS) is 1. The molecule has 1 aliphatic rings. The first-order chi connectivity index (χ1) is 13.5. The molecule has 3 N–H and O–H groups in total. The predicted octanol–water partition coefficient (Wildman–Crippen LogP) is -4.14. The first-order valence-corrected chi connectivity index (χ1v) is 9.39. The molecule has 0 spiro atoms. The van der Waals surface area contributed by atoms with E-state index in [4.69, 9.17) is 19.0 Å². The number of rotatable bonds is 5. The number of hydrogen-bond donors (Lipinski definition) is 3. The first-order valence-electron chi connectivity index (χ1n) is 8.06. The standard InChI is InChI=1S/C16H16O12S.Na/c1-6-4-10(17)26-9-5-7(2-3-8(6)9)25-16-14(28-29(22,23)24)12(19)11(18)13(27-16)15(20)21;/h2-5,11-14,16,18-19H,1H3,(H,20,21)(H,22,23,24);/q;+1/p-1. The van der Waals surface area contributed by atoms with E-state index in [0.29, 0.717) is 10.9 Å². The van der Waals surface area contributed by atoms with Crippen LogP contribution in [-0.2, 0) is 24.1 Å². The van der Waals surface area contributed by atoms with E-state index in [1.54, 1.807) is 6.92 Å². The monoisotopic (exact) mass is 454 g/mol. The van der Waals surface area contributed by atoms with Gasteiger partial charge in [-0.1, -0.05) is 0 Å². The molecule has 14 heteroatoms. The van der Waals surface area contributed by atoms with Gasteiger partial charge in [-0.15, -0.1) is 0 Å². The van der Waals surface area contributed by atoms with E-state index < -0.39 is 52.7 Å². The van der Waals surface area contributed by atoms with Crippen molar-refractivity contribution in [3.8, 4) is 5.75 Å². The van der Waals surface area contributed by atoms with E-state index in [1.807, 2.05) is 0 Å². The van der Waals surface area contributed by atoms with E-state index in [0.717, 1.165) is 0 Å². The summed E-state index contributed by atoms with van der Waals surface area (Å²) in [7, 11) is -5.38. The smallest absolute Gasteiger partial charge is 0.726 e. The number of fused-ring (bicyclic) bond motifs is 1. The second-order valence-electron chi connectivity index (χ2n) is 6.24. The van der Waals surface area contributed by atoms with E-state index in [-0.39, 0.29) is 40.9 Å². The number of carboxylic acids is 1. The fourth-order valence-corrected chi connectivity index (χ4v) is 3.36. The SMILES string of the molecule is Cc1cc(=O)oc2cc(OC3OC(C(=O)O)C(O)C(O)C3OS(=O)(=O)[O-])ccc12.[Na+]. The molecule has 2 heterocycles. The van der Waals surface area contributed by atoms with Crippen LogP contribution in [0.2, 0.25) is 0 Å². The van der Waals surface area contributed by atoms with Gasteiger partial charge in [0, 0.05) is 17.5 Å². The van der Waals surface area contributed by atoms with Crippen molar-refractivity contribution in [2.24, 2.45) is 0 Å². The van der Waals surface area contributed by atoms with E-state index in [1.165, 1.54) is 24.3 Å². The van der Waals surface area contributed by atoms with Crippen molar-refractivity contribution >= 4 is 27.3 Å². The van der Waals surface area contributed by atoms with Crippen LogP contribution in [0, 0.1) is 6.92 Å². The Hall–Kier alpha value is -1.55. The van der Waals surface area contributed by atoms with Crippen molar-refractivity contribution in [3.63, 3.8) is 0 Å². The minimum Gasteiger partial charge on any atom is -0.726 e. The van der Waals surface area contributed by atoms with Crippen LogP contribution in [0.4, 0.5) is 0 Å². The van der Waals surface area contributed by atoms with Crippen LogP contribution in [-0.4, -0.2) is 65.0 Å². The van der Waals surface area contributed by atoms with Crippen LogP contribution in [0.1, 0.15) is 5.56 Å². The molecule has 5 atom stereocenters. The normalized spacial score (nSPS) is 26.7. The van der Waals surface area contributed by atoms with Crippen LogP contribution in [0.3, 0.4) is 0 Å². The van der Waals surface area contributed by atoms with Gasteiger partial charge in [0.25, 0.3) is 0 Å². The molecule has 5 unspecified atom stereocenters. The molecule has 0 bridgehead atoms. The Bertz CT molecular complexity index is 1100. The molecule has 0 saturated carbocycles. The van der Waals surface area contributed by atoms with Gasteiger partial charge in [0.05, 0.1) is 0 Å². The number of carbonyl (C=O) groups is 1. The average molecular weight is 454 g/mol. The van der Waals surface area contributed by atoms with Crippen molar-refractivity contribution < 1.29 is 80.7 Å². The van der Waals surface area contributed by atoms with E-state index in [9.17, 15) is 32.8 Å². The fraction of sp³-hybridized carbons (Fsp3) is 0.375. The molecule has 1 aromatic heterocycles. The van der Waals surface area contributed by atoms with E-state index in [2.05, 4.69) is 4.18 Å². The van der Waals surface area contributed by atoms with Crippen molar-refractivity contribution in [1.29, 1.82) is 0 Å². The summed E-state index contributed by atoms with van der Waals surface area (Å²) in [5.74, 6) is -1.76. The molecule has 1 aliphatic heterocycles. The zero-order valence-electron chi connectivity index (χ0n) is 15.6. The minimum atomic E-state index is -5.38. The predicted molar refractivity (Wildman–Crippen MR) is 90.7 cm³/mol. The fourth-order valence-electron chi connectivity index (χ4n) is 2.89. The topological polar surface area (TPSA) is 193 Å². The molecular weight excluding hydrogens is 439 g/mol. The Kier molecular flexibility index (Phi) is 7.66. The summed E-state index contributed by atoms with van der Waals surface area (Å²) in [5.41, 5.74) is 0.0802. The van der Waals surface area contributed by atoms with Gasteiger partial charge in [-0.2, -0.15) is 0 Å². The second kappa shape index (κ2) is 9.30. The van der Waals surface area contributed by atoms with Crippen molar-refractivity contribution in [3.05, 3.63) is 40.2 Å².